The van der Waals surface area contributed by atoms with Gasteiger partial charge in [-0.1, -0.05) is 5.16 Å². The van der Waals surface area contributed by atoms with Gasteiger partial charge in [0.25, 0.3) is 11.8 Å². The van der Waals surface area contributed by atoms with Crippen molar-refractivity contribution in [1.82, 2.24) is 29.5 Å². The number of pyridine rings is 1. The smallest absolute Gasteiger partial charge is 0.418 e. The van der Waals surface area contributed by atoms with Crippen molar-refractivity contribution in [2.24, 2.45) is 10.9 Å². The SMILES string of the molecule is CC1(C)[C@H](NC(=O)/C(=N\OCCOc2ccc(-n3ccn(CCCN)c3=N)nc2)c2csc(N)n2)C(=O)N1OS(=O)(=O)O.O=C=O. The Hall–Kier alpha value is -4.99. The number of nitrogen functional groups attached to an aromatic ring is 1. The van der Waals surface area contributed by atoms with Crippen LogP contribution in [0.1, 0.15) is 26.0 Å². The summed E-state index contributed by atoms with van der Waals surface area (Å²) in [4.78, 5) is 55.4. The van der Waals surface area contributed by atoms with Gasteiger partial charge in [0.1, 0.15) is 29.9 Å². The number of nitrogens with one attached hydrogen (secondary N) is 2. The highest BCUT2D eigenvalue weighted by Gasteiger charge is 2.58. The van der Waals surface area contributed by atoms with Crippen molar-refractivity contribution < 1.29 is 46.0 Å². The molecule has 0 aliphatic carbocycles. The van der Waals surface area contributed by atoms with Crippen LogP contribution in [0.2, 0.25) is 0 Å². The van der Waals surface area contributed by atoms with Crippen molar-refractivity contribution in [3.05, 3.63) is 47.4 Å². The maximum absolute atomic E-state index is 13.1. The lowest BCUT2D eigenvalue weighted by Crippen LogP contribution is -2.76. The van der Waals surface area contributed by atoms with Gasteiger partial charge in [-0.25, -0.2) is 9.97 Å². The number of thiazole rings is 1. The van der Waals surface area contributed by atoms with Gasteiger partial charge in [0, 0.05) is 24.3 Å². The number of carbonyl (C=O) groups is 2. The molecule has 1 atom stereocenters. The topological polar surface area (TPSA) is 290 Å². The van der Waals surface area contributed by atoms with Gasteiger partial charge < -0.3 is 30.9 Å². The second-order valence-corrected chi connectivity index (χ2v) is 11.5. The summed E-state index contributed by atoms with van der Waals surface area (Å²) in [6.45, 7) is 3.94. The van der Waals surface area contributed by atoms with Crippen molar-refractivity contribution in [2.75, 3.05) is 25.5 Å². The van der Waals surface area contributed by atoms with Crippen LogP contribution in [0, 0.1) is 5.41 Å². The number of anilines is 1. The molecule has 22 heteroatoms. The Bertz CT molecular complexity index is 1760. The lowest BCUT2D eigenvalue weighted by Gasteiger charge is -2.50. The first-order chi connectivity index (χ1) is 21.7. The number of amides is 2. The number of nitrogens with zero attached hydrogens (tertiary/aromatic N) is 6. The van der Waals surface area contributed by atoms with E-state index in [9.17, 15) is 18.0 Å². The van der Waals surface area contributed by atoms with Crippen LogP contribution in [0.5, 0.6) is 5.75 Å². The summed E-state index contributed by atoms with van der Waals surface area (Å²) in [5, 5.41) is 16.7. The maximum Gasteiger partial charge on any atom is 0.418 e. The molecule has 1 saturated heterocycles. The summed E-state index contributed by atoms with van der Waals surface area (Å²) in [5.41, 5.74) is 9.96. The molecule has 0 unspecified atom stereocenters. The van der Waals surface area contributed by atoms with Crippen molar-refractivity contribution in [3.8, 4) is 11.6 Å². The molecular formula is C24H30N10O10S2. The highest BCUT2D eigenvalue weighted by molar-refractivity contribution is 7.80. The summed E-state index contributed by atoms with van der Waals surface area (Å²) in [6, 6.07) is 2.16. The van der Waals surface area contributed by atoms with E-state index in [4.69, 9.17) is 40.6 Å². The van der Waals surface area contributed by atoms with Gasteiger partial charge in [-0.3, -0.25) is 24.1 Å². The number of aryl methyl sites for hydroxylation is 1. The molecule has 1 aliphatic rings. The van der Waals surface area contributed by atoms with Crippen LogP contribution in [-0.2, 0) is 45.2 Å². The number of imidazole rings is 1. The third-order valence-corrected chi connectivity index (χ3v) is 7.18. The van der Waals surface area contributed by atoms with Crippen molar-refractivity contribution in [3.63, 3.8) is 0 Å². The van der Waals surface area contributed by atoms with Crippen LogP contribution < -0.4 is 27.1 Å². The van der Waals surface area contributed by atoms with E-state index in [0.29, 0.717) is 29.7 Å². The lowest BCUT2D eigenvalue weighted by atomic mass is 9.84. The Morgan fingerprint density at radius 2 is 2.00 bits per heavy atom. The molecule has 0 radical (unpaired) electrons. The highest BCUT2D eigenvalue weighted by Crippen LogP contribution is 2.33. The number of nitrogens with two attached hydrogens (primary N) is 2. The summed E-state index contributed by atoms with van der Waals surface area (Å²) < 4.78 is 44.3. The van der Waals surface area contributed by atoms with E-state index < -0.39 is 33.8 Å². The minimum Gasteiger partial charge on any atom is -0.488 e. The van der Waals surface area contributed by atoms with Crippen LogP contribution in [-0.4, -0.2) is 92.2 Å². The Kier molecular flexibility index (Phi) is 11.8. The zero-order chi connectivity index (χ0) is 34.1. The number of aromatic nitrogens is 4. The van der Waals surface area contributed by atoms with E-state index in [1.54, 1.807) is 33.7 Å². The summed E-state index contributed by atoms with van der Waals surface area (Å²) in [5.74, 6) is -0.807. The molecule has 2 amide bonds. The quantitative estimate of drug-likeness (QED) is 0.0430. The van der Waals surface area contributed by atoms with Crippen LogP contribution in [0.25, 0.3) is 5.82 Å². The molecular weight excluding hydrogens is 652 g/mol. The van der Waals surface area contributed by atoms with Gasteiger partial charge >= 0.3 is 16.6 Å². The molecule has 4 rings (SSSR count). The van der Waals surface area contributed by atoms with Gasteiger partial charge in [0.2, 0.25) is 5.62 Å². The number of hydrogen-bond donors (Lipinski definition) is 5. The largest absolute Gasteiger partial charge is 0.488 e. The average Bonchev–Trinajstić information content (AvgIpc) is 3.60. The van der Waals surface area contributed by atoms with Crippen molar-refractivity contribution in [2.45, 2.75) is 38.4 Å². The maximum atomic E-state index is 13.1. The fourth-order valence-electron chi connectivity index (χ4n) is 3.98. The molecule has 0 aromatic carbocycles. The van der Waals surface area contributed by atoms with E-state index in [-0.39, 0.29) is 41.5 Å². The number of rotatable bonds is 14. The van der Waals surface area contributed by atoms with Gasteiger partial charge in [-0.2, -0.15) is 23.1 Å². The number of hydroxylamine groups is 2. The van der Waals surface area contributed by atoms with E-state index in [1.165, 1.54) is 25.4 Å². The molecule has 20 nitrogen and oxygen atoms in total. The van der Waals surface area contributed by atoms with E-state index in [1.807, 2.05) is 0 Å². The number of oxime groups is 1. The second-order valence-electron chi connectivity index (χ2n) is 9.65. The van der Waals surface area contributed by atoms with E-state index >= 15 is 0 Å². The Balaban J connectivity index is 0.00000185. The Labute approximate surface area is 265 Å². The first-order valence-corrected chi connectivity index (χ1v) is 15.3. The highest BCUT2D eigenvalue weighted by atomic mass is 32.3. The standard InChI is InChI=1S/C23H30N10O8S2.CO2/c1-23(2)18(20(35)33(23)41-43(36,37)38)29-19(34)17(15-13-42-21(25)28-15)30-40-11-10-39-14-4-5-16(27-12-14)32-9-8-31(22(32)26)7-3-6-24;2-1-3/h4-5,8-9,12-13,18,26H,3,6-7,10-11,24H2,1-2H3,(H2,25,28)(H,29,34)(H,36,37,38);/b26-22?,30-17-;/t18-;/m1./s1. The van der Waals surface area contributed by atoms with Crippen LogP contribution >= 0.6 is 11.3 Å². The first-order valence-electron chi connectivity index (χ1n) is 13.1. The van der Waals surface area contributed by atoms with Gasteiger partial charge in [-0.15, -0.1) is 15.6 Å². The number of ether oxygens (including phenoxy) is 1. The summed E-state index contributed by atoms with van der Waals surface area (Å²) >= 11 is 1.05. The van der Waals surface area contributed by atoms with Crippen LogP contribution in [0.15, 0.2) is 41.3 Å². The van der Waals surface area contributed by atoms with Gasteiger partial charge in [0.15, 0.2) is 17.5 Å². The zero-order valence-corrected chi connectivity index (χ0v) is 26.0. The van der Waals surface area contributed by atoms with Crippen molar-refractivity contribution >= 4 is 50.5 Å². The zero-order valence-electron chi connectivity index (χ0n) is 24.4. The molecule has 3 aromatic heterocycles. The molecule has 3 aromatic rings. The normalized spacial score (nSPS) is 15.7. The average molecular weight is 683 g/mol. The number of β-lactam (4-membered cyclic amide) rings is 1. The van der Waals surface area contributed by atoms with Gasteiger partial charge in [0.05, 0.1) is 11.7 Å². The van der Waals surface area contributed by atoms with Gasteiger partial charge in [-0.05, 0) is 38.9 Å². The molecule has 0 spiro atoms. The van der Waals surface area contributed by atoms with Crippen LogP contribution in [0.4, 0.5) is 5.13 Å². The Morgan fingerprint density at radius 3 is 2.57 bits per heavy atom. The predicted molar refractivity (Wildman–Crippen MR) is 156 cm³/mol. The summed E-state index contributed by atoms with van der Waals surface area (Å²) in [7, 11) is -4.96. The minimum absolute atomic E-state index is 0.0288. The third-order valence-electron chi connectivity index (χ3n) is 6.17. The predicted octanol–water partition coefficient (Wildman–Crippen LogP) is -1.40. The molecule has 1 fully saturated rings. The number of carbonyl (C=O) groups excluding carboxylic acids is 4. The Morgan fingerprint density at radius 1 is 1.28 bits per heavy atom. The fourth-order valence-corrected chi connectivity index (χ4v) is 4.98. The fraction of sp³-hybridized carbons (Fsp3) is 0.375. The molecule has 0 saturated carbocycles. The monoisotopic (exact) mass is 682 g/mol. The van der Waals surface area contributed by atoms with E-state index in [2.05, 4.69) is 24.7 Å². The van der Waals surface area contributed by atoms with E-state index in [0.717, 1.165) is 17.8 Å². The lowest BCUT2D eigenvalue weighted by molar-refractivity contribution is -0.218. The molecule has 46 heavy (non-hydrogen) atoms. The number of hydrogen-bond acceptors (Lipinski definition) is 16. The molecule has 7 N–H and O–H groups in total. The molecule has 1 aliphatic heterocycles. The molecule has 0 bridgehead atoms. The molecule has 4 heterocycles. The first kappa shape index (κ1) is 35.5. The van der Waals surface area contributed by atoms with Crippen LogP contribution in [0.3, 0.4) is 0 Å². The van der Waals surface area contributed by atoms with Crippen molar-refractivity contribution in [1.29, 1.82) is 5.41 Å². The minimum atomic E-state index is -4.96. The molecule has 248 valence electrons. The second kappa shape index (κ2) is 15.3. The third kappa shape index (κ3) is 8.80. The summed E-state index contributed by atoms with van der Waals surface area (Å²) in [6.07, 6.45) is 6.02.